The Bertz CT molecular complexity index is 448. The van der Waals surface area contributed by atoms with Crippen molar-refractivity contribution in [3.8, 4) is 5.75 Å². The standard InChI is InChI=1S/C11H13ClN2O2/c1-6-3-10(15)14(2)9-5-7(12)4-8(13)11(9)16-6/h4-6H,3,13H2,1-2H3. The van der Waals surface area contributed by atoms with Crippen LogP contribution in [-0.2, 0) is 4.79 Å². The van der Waals surface area contributed by atoms with E-state index in [9.17, 15) is 4.79 Å². The van der Waals surface area contributed by atoms with Gasteiger partial charge in [0.15, 0.2) is 5.75 Å². The summed E-state index contributed by atoms with van der Waals surface area (Å²) in [5.74, 6) is 0.526. The summed E-state index contributed by atoms with van der Waals surface area (Å²) in [5.41, 5.74) is 6.91. The van der Waals surface area contributed by atoms with Crippen molar-refractivity contribution in [1.82, 2.24) is 0 Å². The number of nitrogen functional groups attached to an aromatic ring is 1. The van der Waals surface area contributed by atoms with Gasteiger partial charge in [-0.05, 0) is 19.1 Å². The molecule has 86 valence electrons. The van der Waals surface area contributed by atoms with Gasteiger partial charge in [0.25, 0.3) is 0 Å². The number of hydrogen-bond acceptors (Lipinski definition) is 3. The average Bonchev–Trinajstić information content (AvgIpc) is 2.29. The number of fused-ring (bicyclic) bond motifs is 1. The van der Waals surface area contributed by atoms with Crippen LogP contribution in [0.5, 0.6) is 5.75 Å². The fourth-order valence-electron chi connectivity index (χ4n) is 1.74. The number of benzene rings is 1. The lowest BCUT2D eigenvalue weighted by atomic mass is 10.2. The Morgan fingerprint density at radius 2 is 2.25 bits per heavy atom. The van der Waals surface area contributed by atoms with Crippen molar-refractivity contribution in [3.05, 3.63) is 17.2 Å². The molecule has 1 heterocycles. The molecule has 4 nitrogen and oxygen atoms in total. The van der Waals surface area contributed by atoms with Crippen LogP contribution in [0.15, 0.2) is 12.1 Å². The summed E-state index contributed by atoms with van der Waals surface area (Å²) in [5, 5.41) is 0.494. The van der Waals surface area contributed by atoms with E-state index < -0.39 is 0 Å². The number of carbonyl (C=O) groups excluding carboxylic acids is 1. The Hall–Kier alpha value is -1.42. The van der Waals surface area contributed by atoms with Crippen LogP contribution < -0.4 is 15.4 Å². The Kier molecular flexibility index (Phi) is 2.68. The number of nitrogens with zero attached hydrogens (tertiary/aromatic N) is 1. The van der Waals surface area contributed by atoms with Crippen LogP contribution in [0.25, 0.3) is 0 Å². The second-order valence-corrected chi connectivity index (χ2v) is 4.37. The molecule has 0 aromatic heterocycles. The predicted molar refractivity (Wildman–Crippen MR) is 64.0 cm³/mol. The lowest BCUT2D eigenvalue weighted by Crippen LogP contribution is -2.27. The first-order chi connectivity index (χ1) is 7.49. The number of anilines is 2. The largest absolute Gasteiger partial charge is 0.486 e. The fourth-order valence-corrected chi connectivity index (χ4v) is 1.96. The number of ether oxygens (including phenoxy) is 1. The van der Waals surface area contributed by atoms with E-state index in [0.29, 0.717) is 28.6 Å². The minimum absolute atomic E-state index is 0.00656. The first-order valence-corrected chi connectivity index (χ1v) is 5.39. The van der Waals surface area contributed by atoms with E-state index in [0.717, 1.165) is 0 Å². The summed E-state index contributed by atoms with van der Waals surface area (Å²) in [4.78, 5) is 13.3. The third-order valence-corrected chi connectivity index (χ3v) is 2.80. The molecule has 1 unspecified atom stereocenters. The van der Waals surface area contributed by atoms with Crippen LogP contribution in [-0.4, -0.2) is 19.1 Å². The molecule has 1 aromatic carbocycles. The third-order valence-electron chi connectivity index (χ3n) is 2.58. The van der Waals surface area contributed by atoms with Gasteiger partial charge >= 0.3 is 0 Å². The lowest BCUT2D eigenvalue weighted by Gasteiger charge is -2.17. The number of amides is 1. The van der Waals surface area contributed by atoms with Gasteiger partial charge in [0.1, 0.15) is 6.10 Å². The first kappa shape index (κ1) is 11.1. The minimum atomic E-state index is -0.181. The lowest BCUT2D eigenvalue weighted by molar-refractivity contribution is -0.119. The molecule has 1 atom stereocenters. The summed E-state index contributed by atoms with van der Waals surface area (Å²) in [6.07, 6.45) is 0.155. The van der Waals surface area contributed by atoms with Gasteiger partial charge in [-0.25, -0.2) is 0 Å². The van der Waals surface area contributed by atoms with Crippen molar-refractivity contribution < 1.29 is 9.53 Å². The number of nitrogens with two attached hydrogens (primary N) is 1. The highest BCUT2D eigenvalue weighted by molar-refractivity contribution is 6.31. The molecule has 0 saturated carbocycles. The molecule has 16 heavy (non-hydrogen) atoms. The van der Waals surface area contributed by atoms with Crippen molar-refractivity contribution in [2.24, 2.45) is 0 Å². The molecule has 1 amide bonds. The molecule has 1 aromatic rings. The monoisotopic (exact) mass is 240 g/mol. The van der Waals surface area contributed by atoms with Crippen LogP contribution in [0, 0.1) is 0 Å². The van der Waals surface area contributed by atoms with Gasteiger partial charge in [0.2, 0.25) is 5.91 Å². The smallest absolute Gasteiger partial charge is 0.230 e. The highest BCUT2D eigenvalue weighted by atomic mass is 35.5. The molecule has 0 fully saturated rings. The van der Waals surface area contributed by atoms with Gasteiger partial charge in [0, 0.05) is 12.1 Å². The van der Waals surface area contributed by atoms with Crippen LogP contribution >= 0.6 is 11.6 Å². The molecule has 1 aliphatic rings. The van der Waals surface area contributed by atoms with Crippen LogP contribution in [0.2, 0.25) is 5.02 Å². The van der Waals surface area contributed by atoms with Gasteiger partial charge in [-0.15, -0.1) is 0 Å². The predicted octanol–water partition coefficient (Wildman–Crippen LogP) is 2.06. The molecule has 0 saturated heterocycles. The van der Waals surface area contributed by atoms with Crippen molar-refractivity contribution in [2.45, 2.75) is 19.4 Å². The van der Waals surface area contributed by atoms with Crippen LogP contribution in [0.4, 0.5) is 11.4 Å². The maximum Gasteiger partial charge on any atom is 0.230 e. The molecule has 0 aliphatic carbocycles. The van der Waals surface area contributed by atoms with Gasteiger partial charge in [-0.2, -0.15) is 0 Å². The van der Waals surface area contributed by atoms with E-state index in [1.54, 1.807) is 19.2 Å². The maximum atomic E-state index is 11.8. The van der Waals surface area contributed by atoms with E-state index in [4.69, 9.17) is 22.1 Å². The molecule has 0 radical (unpaired) electrons. The summed E-state index contributed by atoms with van der Waals surface area (Å²) in [6, 6.07) is 3.31. The fraction of sp³-hybridized carbons (Fsp3) is 0.364. The van der Waals surface area contributed by atoms with Gasteiger partial charge < -0.3 is 15.4 Å². The second kappa shape index (κ2) is 3.87. The second-order valence-electron chi connectivity index (χ2n) is 3.93. The quantitative estimate of drug-likeness (QED) is 0.707. The summed E-state index contributed by atoms with van der Waals surface area (Å²) in [6.45, 7) is 1.84. The third kappa shape index (κ3) is 1.80. The Morgan fingerprint density at radius 3 is 2.94 bits per heavy atom. The molecule has 2 N–H and O–H groups in total. The molecule has 5 heteroatoms. The zero-order valence-electron chi connectivity index (χ0n) is 9.16. The Balaban J connectivity index is 2.59. The van der Waals surface area contributed by atoms with Crippen LogP contribution in [0.1, 0.15) is 13.3 Å². The SMILES string of the molecule is CC1CC(=O)N(C)c2cc(Cl)cc(N)c2O1. The number of hydrogen-bond donors (Lipinski definition) is 1. The Labute approximate surface area is 98.9 Å². The van der Waals surface area contributed by atoms with Gasteiger partial charge in [0.05, 0.1) is 17.8 Å². The maximum absolute atomic E-state index is 11.8. The zero-order valence-corrected chi connectivity index (χ0v) is 9.91. The van der Waals surface area contributed by atoms with Gasteiger partial charge in [-0.3, -0.25) is 4.79 Å². The first-order valence-electron chi connectivity index (χ1n) is 5.01. The van der Waals surface area contributed by atoms with Crippen molar-refractivity contribution in [2.75, 3.05) is 17.7 Å². The van der Waals surface area contributed by atoms with E-state index >= 15 is 0 Å². The molecular formula is C11H13ClN2O2. The van der Waals surface area contributed by atoms with E-state index in [1.807, 2.05) is 6.92 Å². The molecule has 0 spiro atoms. The zero-order chi connectivity index (χ0) is 11.9. The Morgan fingerprint density at radius 1 is 1.56 bits per heavy atom. The highest BCUT2D eigenvalue weighted by Crippen LogP contribution is 2.39. The van der Waals surface area contributed by atoms with Crippen molar-refractivity contribution in [3.63, 3.8) is 0 Å². The summed E-state index contributed by atoms with van der Waals surface area (Å²) in [7, 11) is 1.69. The normalized spacial score (nSPS) is 20.1. The van der Waals surface area contributed by atoms with Crippen molar-refractivity contribution in [1.29, 1.82) is 0 Å². The van der Waals surface area contributed by atoms with Gasteiger partial charge in [-0.1, -0.05) is 11.6 Å². The van der Waals surface area contributed by atoms with E-state index in [-0.39, 0.29) is 12.0 Å². The van der Waals surface area contributed by atoms with Crippen LogP contribution in [0.3, 0.4) is 0 Å². The number of halogens is 1. The number of rotatable bonds is 0. The minimum Gasteiger partial charge on any atom is -0.486 e. The molecule has 2 rings (SSSR count). The average molecular weight is 241 g/mol. The van der Waals surface area contributed by atoms with Crippen molar-refractivity contribution >= 4 is 28.9 Å². The topological polar surface area (TPSA) is 55.6 Å². The molecule has 0 bridgehead atoms. The molecule has 1 aliphatic heterocycles. The summed E-state index contributed by atoms with van der Waals surface area (Å²) >= 11 is 5.91. The highest BCUT2D eigenvalue weighted by Gasteiger charge is 2.26. The van der Waals surface area contributed by atoms with E-state index in [2.05, 4.69) is 0 Å². The van der Waals surface area contributed by atoms with E-state index in [1.165, 1.54) is 4.90 Å². The summed E-state index contributed by atoms with van der Waals surface area (Å²) < 4.78 is 5.64. The molecular weight excluding hydrogens is 228 g/mol. The number of carbonyl (C=O) groups is 1.